The maximum Gasteiger partial charge on any atom is 0.490 e. The summed E-state index contributed by atoms with van der Waals surface area (Å²) in [7, 11) is -3.80. The second-order valence-electron chi connectivity index (χ2n) is 9.05. The van der Waals surface area contributed by atoms with E-state index < -0.39 is 22.2 Å². The van der Waals surface area contributed by atoms with Crippen LogP contribution in [0.1, 0.15) is 49.5 Å². The van der Waals surface area contributed by atoms with Crippen molar-refractivity contribution in [2.45, 2.75) is 57.1 Å². The zero-order chi connectivity index (χ0) is 29.2. The van der Waals surface area contributed by atoms with Gasteiger partial charge >= 0.3 is 12.1 Å². The fraction of sp³-hybridized carbons (Fsp3) is 0.462. The van der Waals surface area contributed by atoms with Crippen molar-refractivity contribution in [1.29, 1.82) is 0 Å². The molecule has 39 heavy (non-hydrogen) atoms. The van der Waals surface area contributed by atoms with Crippen LogP contribution in [0, 0.1) is 0 Å². The van der Waals surface area contributed by atoms with Gasteiger partial charge in [-0.2, -0.15) is 13.2 Å². The maximum absolute atomic E-state index is 13.2. The van der Waals surface area contributed by atoms with Gasteiger partial charge in [0.15, 0.2) is 0 Å². The first-order chi connectivity index (χ1) is 18.3. The molecule has 1 fully saturated rings. The lowest BCUT2D eigenvalue weighted by Gasteiger charge is -2.31. The van der Waals surface area contributed by atoms with E-state index in [1.54, 1.807) is 24.3 Å². The average Bonchev–Trinajstić information content (AvgIpc) is 2.89. The number of aryl methyl sites for hydroxylation is 1. The molecular formula is C26H35F3N4O5S. The van der Waals surface area contributed by atoms with Crippen LogP contribution >= 0.6 is 0 Å². The van der Waals surface area contributed by atoms with Crippen LogP contribution in [0.3, 0.4) is 0 Å². The third kappa shape index (κ3) is 9.74. The number of nitrogens with one attached hydrogen (secondary N) is 3. The normalized spacial score (nSPS) is 14.6. The van der Waals surface area contributed by atoms with Crippen LogP contribution in [-0.2, 0) is 21.2 Å². The summed E-state index contributed by atoms with van der Waals surface area (Å²) in [5.41, 5.74) is 2.73. The predicted molar refractivity (Wildman–Crippen MR) is 144 cm³/mol. The molecule has 1 atom stereocenters. The molecule has 4 N–H and O–H groups in total. The topological polar surface area (TPSA) is 128 Å². The molecule has 0 bridgehead atoms. The number of carbonyl (C=O) groups excluding carboxylic acids is 1. The first kappa shape index (κ1) is 31.9. The number of hydrogen-bond acceptors (Lipinski definition) is 6. The first-order valence-corrected chi connectivity index (χ1v) is 14.1. The predicted octanol–water partition coefficient (Wildman–Crippen LogP) is 4.01. The van der Waals surface area contributed by atoms with Gasteiger partial charge in [-0.25, -0.2) is 13.2 Å². The van der Waals surface area contributed by atoms with Crippen molar-refractivity contribution in [3.8, 4) is 0 Å². The van der Waals surface area contributed by atoms with Crippen molar-refractivity contribution >= 4 is 33.3 Å². The Hall–Kier alpha value is -3.32. The highest BCUT2D eigenvalue weighted by Gasteiger charge is 2.38. The minimum atomic E-state index is -5.08. The van der Waals surface area contributed by atoms with E-state index >= 15 is 0 Å². The standard InChI is InChI=1S/C24H34N4O3S.C2HF3O2/c1-4-6-19-7-10-21(11-8-19)32(30,31)27-22-17-20(24(29)26-18(3)5-2)9-12-23(22)28-15-13-25-14-16-28;3-2(4,5)1(6)7/h7-12,17-18,25,27H,4-6,13-16H2,1-3H3,(H,26,29);(H,6,7). The molecule has 0 saturated carbocycles. The number of carboxylic acid groups (broad SMARTS) is 1. The molecular weight excluding hydrogens is 537 g/mol. The number of amides is 1. The Morgan fingerprint density at radius 3 is 2.18 bits per heavy atom. The molecule has 1 unspecified atom stereocenters. The van der Waals surface area contributed by atoms with Crippen LogP contribution in [-0.4, -0.2) is 63.8 Å². The van der Waals surface area contributed by atoms with Crippen LogP contribution in [0.2, 0.25) is 0 Å². The van der Waals surface area contributed by atoms with Crippen LogP contribution in [0.25, 0.3) is 0 Å². The number of alkyl halides is 3. The van der Waals surface area contributed by atoms with Gasteiger partial charge in [0, 0.05) is 37.8 Å². The average molecular weight is 573 g/mol. The number of hydrogen-bond donors (Lipinski definition) is 4. The lowest BCUT2D eigenvalue weighted by molar-refractivity contribution is -0.192. The van der Waals surface area contributed by atoms with E-state index in [2.05, 4.69) is 27.2 Å². The van der Waals surface area contributed by atoms with E-state index in [-0.39, 0.29) is 16.8 Å². The number of nitrogens with zero attached hydrogens (tertiary/aromatic N) is 1. The fourth-order valence-corrected chi connectivity index (χ4v) is 4.74. The van der Waals surface area contributed by atoms with E-state index in [1.807, 2.05) is 32.0 Å². The third-order valence-corrected chi connectivity index (χ3v) is 7.35. The van der Waals surface area contributed by atoms with Crippen LogP contribution < -0.4 is 20.3 Å². The first-order valence-electron chi connectivity index (χ1n) is 12.6. The lowest BCUT2D eigenvalue weighted by atomic mass is 10.1. The number of carboxylic acids is 1. The van der Waals surface area contributed by atoms with Crippen molar-refractivity contribution in [3.63, 3.8) is 0 Å². The van der Waals surface area contributed by atoms with Gasteiger partial charge in [0.2, 0.25) is 0 Å². The highest BCUT2D eigenvalue weighted by atomic mass is 32.2. The van der Waals surface area contributed by atoms with Crippen LogP contribution in [0.5, 0.6) is 0 Å². The summed E-state index contributed by atoms with van der Waals surface area (Å²) in [6.45, 7) is 9.21. The molecule has 13 heteroatoms. The molecule has 1 aliphatic heterocycles. The SMILES string of the molecule is CCCc1ccc(S(=O)(=O)Nc2cc(C(=O)NC(C)CC)ccc2N2CCNCC2)cc1.O=C(O)C(F)(F)F. The number of piperazine rings is 1. The molecule has 1 amide bonds. The van der Waals surface area contributed by atoms with E-state index in [9.17, 15) is 26.4 Å². The van der Waals surface area contributed by atoms with Gasteiger partial charge < -0.3 is 20.6 Å². The highest BCUT2D eigenvalue weighted by molar-refractivity contribution is 7.92. The van der Waals surface area contributed by atoms with Crippen molar-refractivity contribution < 1.29 is 36.3 Å². The second kappa shape index (κ2) is 14.2. The molecule has 2 aromatic carbocycles. The van der Waals surface area contributed by atoms with Gasteiger partial charge in [0.25, 0.3) is 15.9 Å². The van der Waals surface area contributed by atoms with E-state index in [4.69, 9.17) is 9.90 Å². The number of aliphatic carboxylic acids is 1. The molecule has 0 spiro atoms. The molecule has 0 aromatic heterocycles. The van der Waals surface area contributed by atoms with Crippen LogP contribution in [0.4, 0.5) is 24.5 Å². The molecule has 2 aromatic rings. The Morgan fingerprint density at radius 1 is 1.08 bits per heavy atom. The minimum absolute atomic E-state index is 0.0390. The molecule has 9 nitrogen and oxygen atoms in total. The van der Waals surface area contributed by atoms with Crippen LogP contribution in [0.15, 0.2) is 47.4 Å². The maximum atomic E-state index is 13.2. The summed E-state index contributed by atoms with van der Waals surface area (Å²) in [6.07, 6.45) is -2.35. The molecule has 0 aliphatic carbocycles. The van der Waals surface area contributed by atoms with Gasteiger partial charge in [0.05, 0.1) is 16.3 Å². The molecule has 216 valence electrons. The third-order valence-electron chi connectivity index (χ3n) is 5.97. The number of rotatable bonds is 9. The summed E-state index contributed by atoms with van der Waals surface area (Å²) >= 11 is 0. The molecule has 1 saturated heterocycles. The Labute approximate surface area is 226 Å². The summed E-state index contributed by atoms with van der Waals surface area (Å²) in [5.74, 6) is -2.97. The molecule has 0 radical (unpaired) electrons. The van der Waals surface area contributed by atoms with E-state index in [1.165, 1.54) is 0 Å². The second-order valence-corrected chi connectivity index (χ2v) is 10.7. The monoisotopic (exact) mass is 572 g/mol. The summed E-state index contributed by atoms with van der Waals surface area (Å²) in [5, 5.41) is 13.4. The van der Waals surface area contributed by atoms with Gasteiger partial charge in [-0.15, -0.1) is 0 Å². The van der Waals surface area contributed by atoms with Gasteiger partial charge in [-0.1, -0.05) is 32.4 Å². The largest absolute Gasteiger partial charge is 0.490 e. The highest BCUT2D eigenvalue weighted by Crippen LogP contribution is 2.30. The fourth-order valence-electron chi connectivity index (χ4n) is 3.68. The summed E-state index contributed by atoms with van der Waals surface area (Å²) in [4.78, 5) is 23.9. The van der Waals surface area contributed by atoms with Crippen molar-refractivity contribution in [2.75, 3.05) is 35.8 Å². The van der Waals surface area contributed by atoms with Gasteiger partial charge in [0.1, 0.15) is 0 Å². The Kier molecular flexibility index (Phi) is 11.6. The zero-order valence-electron chi connectivity index (χ0n) is 22.1. The summed E-state index contributed by atoms with van der Waals surface area (Å²) < 4.78 is 60.8. The number of carbonyl (C=O) groups is 2. The Bertz CT molecular complexity index is 1220. The Morgan fingerprint density at radius 2 is 1.67 bits per heavy atom. The van der Waals surface area contributed by atoms with E-state index in [0.717, 1.165) is 56.7 Å². The number of halogens is 3. The zero-order valence-corrected chi connectivity index (χ0v) is 23.0. The van der Waals surface area contributed by atoms with Crippen molar-refractivity contribution in [3.05, 3.63) is 53.6 Å². The van der Waals surface area contributed by atoms with Crippen molar-refractivity contribution in [2.24, 2.45) is 0 Å². The molecule has 3 rings (SSSR count). The molecule has 1 aliphatic rings. The molecule has 1 heterocycles. The number of benzene rings is 2. The quantitative estimate of drug-likeness (QED) is 0.358. The number of anilines is 2. The number of sulfonamides is 1. The lowest BCUT2D eigenvalue weighted by Crippen LogP contribution is -2.43. The summed E-state index contributed by atoms with van der Waals surface area (Å²) in [6, 6.07) is 12.2. The van der Waals surface area contributed by atoms with Gasteiger partial charge in [-0.3, -0.25) is 9.52 Å². The minimum Gasteiger partial charge on any atom is -0.475 e. The smallest absolute Gasteiger partial charge is 0.475 e. The van der Waals surface area contributed by atoms with E-state index in [0.29, 0.717) is 11.3 Å². The van der Waals surface area contributed by atoms with Gasteiger partial charge in [-0.05, 0) is 55.7 Å². The Balaban J connectivity index is 0.000000673. The van der Waals surface area contributed by atoms with Crippen molar-refractivity contribution in [1.82, 2.24) is 10.6 Å².